The van der Waals surface area contributed by atoms with Crippen LogP contribution in [0.1, 0.15) is 0 Å². The third kappa shape index (κ3) is 3.39. The summed E-state index contributed by atoms with van der Waals surface area (Å²) in [6, 6.07) is 27.1. The van der Waals surface area contributed by atoms with Gasteiger partial charge < -0.3 is 4.90 Å². The van der Waals surface area contributed by atoms with Gasteiger partial charge in [-0.2, -0.15) is 18.2 Å². The van der Waals surface area contributed by atoms with Gasteiger partial charge in [0.15, 0.2) is 0 Å². The molecule has 0 aliphatic heterocycles. The number of benzene rings is 2. The van der Waals surface area contributed by atoms with E-state index in [-0.39, 0.29) is 37.3 Å². The molecule has 104 valence electrons. The summed E-state index contributed by atoms with van der Waals surface area (Å²) in [6.07, 6.45) is 1.81. The molecule has 0 fully saturated rings. The number of hydrogen-bond donors (Lipinski definition) is 0. The van der Waals surface area contributed by atoms with Gasteiger partial charge in [0.2, 0.25) is 0 Å². The van der Waals surface area contributed by atoms with E-state index in [0.717, 1.165) is 17.2 Å². The smallest absolute Gasteiger partial charge is 0.135 e. The molecule has 0 radical (unpaired) electrons. The Morgan fingerprint density at radius 1 is 0.750 bits per heavy atom. The fraction of sp³-hybridized carbons (Fsp3) is 0. The first kappa shape index (κ1) is 15.0. The Morgan fingerprint density at radius 2 is 1.40 bits per heavy atom. The fourth-order valence-corrected chi connectivity index (χ4v) is 2.00. The standard InChI is InChI=1S/C17H13N2.Er/c1-3-9-15(10-4-1)19(16-11-5-2-6-12-16)17-13-7-8-14-18-17;/h1,3-14H;/q-1;. The Bertz CT molecular complexity index is 533. The first-order valence-corrected chi connectivity index (χ1v) is 6.17. The van der Waals surface area contributed by atoms with Gasteiger partial charge in [-0.3, -0.25) is 0 Å². The Kier molecular flexibility index (Phi) is 5.58. The van der Waals surface area contributed by atoms with Gasteiger partial charge in [-0.25, -0.2) is 4.98 Å². The molecule has 0 amide bonds. The Balaban J connectivity index is 0.00000147. The minimum Gasteiger partial charge on any atom is -0.319 e. The molecule has 0 saturated carbocycles. The third-order valence-corrected chi connectivity index (χ3v) is 2.85. The molecule has 0 aliphatic rings. The summed E-state index contributed by atoms with van der Waals surface area (Å²) in [5, 5.41) is 0. The van der Waals surface area contributed by atoms with E-state index in [0.29, 0.717) is 0 Å². The van der Waals surface area contributed by atoms with E-state index in [9.17, 15) is 0 Å². The van der Waals surface area contributed by atoms with Crippen LogP contribution in [0.2, 0.25) is 0 Å². The Morgan fingerprint density at radius 3 is 2.05 bits per heavy atom. The summed E-state index contributed by atoms with van der Waals surface area (Å²) >= 11 is 0. The number of aromatic nitrogens is 1. The van der Waals surface area contributed by atoms with Crippen molar-refractivity contribution in [3.63, 3.8) is 0 Å². The topological polar surface area (TPSA) is 16.1 Å². The zero-order valence-corrected chi connectivity index (χ0v) is 12.5. The van der Waals surface area contributed by atoms with Crippen LogP contribution in [0.3, 0.4) is 0 Å². The monoisotopic (exact) mass is 411 g/mol. The third-order valence-electron chi connectivity index (χ3n) is 2.85. The van der Waals surface area contributed by atoms with Gasteiger partial charge in [0.25, 0.3) is 0 Å². The molecule has 0 atom stereocenters. The van der Waals surface area contributed by atoms with Crippen LogP contribution in [0.4, 0.5) is 17.2 Å². The second kappa shape index (κ2) is 7.43. The van der Waals surface area contributed by atoms with Crippen LogP contribution < -0.4 is 4.90 Å². The maximum Gasteiger partial charge on any atom is 0.135 e. The molecule has 0 unspecified atom stereocenters. The Hall–Kier alpha value is -1.36. The molecule has 1 aromatic heterocycles. The zero-order valence-electron chi connectivity index (χ0n) is 10.7. The van der Waals surface area contributed by atoms with E-state index in [1.165, 1.54) is 0 Å². The molecule has 0 aliphatic carbocycles. The SMILES string of the molecule is [Er].[c-]1ccc(N(c2ccccc2)c2ccccn2)cc1. The molecule has 0 saturated heterocycles. The second-order valence-electron chi connectivity index (χ2n) is 4.12. The van der Waals surface area contributed by atoms with Crippen LogP contribution in [-0.2, 0) is 0 Å². The molecule has 0 N–H and O–H groups in total. The van der Waals surface area contributed by atoms with Gasteiger partial charge in [-0.05, 0) is 24.3 Å². The minimum atomic E-state index is 0. The van der Waals surface area contributed by atoms with Crippen molar-refractivity contribution in [1.82, 2.24) is 4.98 Å². The average molecular weight is 413 g/mol. The van der Waals surface area contributed by atoms with Crippen LogP contribution in [0.5, 0.6) is 0 Å². The molecular weight excluding hydrogens is 399 g/mol. The van der Waals surface area contributed by atoms with Crippen LogP contribution in [-0.4, -0.2) is 4.98 Å². The number of para-hydroxylation sites is 1. The molecule has 1 heterocycles. The van der Waals surface area contributed by atoms with Crippen LogP contribution >= 0.6 is 0 Å². The number of hydrogen-bond acceptors (Lipinski definition) is 2. The molecule has 0 spiro atoms. The van der Waals surface area contributed by atoms with Gasteiger partial charge in [-0.15, -0.1) is 12.1 Å². The zero-order chi connectivity index (χ0) is 12.9. The van der Waals surface area contributed by atoms with Crippen molar-refractivity contribution in [2.45, 2.75) is 0 Å². The van der Waals surface area contributed by atoms with Gasteiger partial charge in [0.05, 0.1) is 0 Å². The first-order valence-electron chi connectivity index (χ1n) is 6.17. The predicted octanol–water partition coefficient (Wildman–Crippen LogP) is 4.35. The summed E-state index contributed by atoms with van der Waals surface area (Å²) in [6.45, 7) is 0. The summed E-state index contributed by atoms with van der Waals surface area (Å²) in [5.74, 6) is 0.903. The van der Waals surface area contributed by atoms with Gasteiger partial charge in [-0.1, -0.05) is 30.0 Å². The molecular formula is C17H13ErN2-. The van der Waals surface area contributed by atoms with E-state index >= 15 is 0 Å². The largest absolute Gasteiger partial charge is 0.319 e. The second-order valence-corrected chi connectivity index (χ2v) is 4.12. The molecule has 2 aromatic carbocycles. The minimum absolute atomic E-state index is 0. The Labute approximate surface area is 148 Å². The van der Waals surface area contributed by atoms with E-state index in [4.69, 9.17) is 0 Å². The molecule has 2 nitrogen and oxygen atoms in total. The van der Waals surface area contributed by atoms with Crippen molar-refractivity contribution in [3.8, 4) is 0 Å². The van der Waals surface area contributed by atoms with Gasteiger partial charge in [0, 0.05) is 49.2 Å². The molecule has 3 aromatic rings. The van der Waals surface area contributed by atoms with Crippen LogP contribution in [0.15, 0.2) is 79.0 Å². The normalized spacial score (nSPS) is 9.60. The maximum atomic E-state index is 4.45. The van der Waals surface area contributed by atoms with E-state index in [1.54, 1.807) is 6.20 Å². The quantitative estimate of drug-likeness (QED) is 0.595. The van der Waals surface area contributed by atoms with E-state index < -0.39 is 0 Å². The first-order chi connectivity index (χ1) is 9.45. The summed E-state index contributed by atoms with van der Waals surface area (Å²) in [7, 11) is 0. The van der Waals surface area contributed by atoms with Gasteiger partial charge in [0.1, 0.15) is 5.82 Å². The van der Waals surface area contributed by atoms with E-state index in [1.807, 2.05) is 60.7 Å². The van der Waals surface area contributed by atoms with Crippen molar-refractivity contribution >= 4 is 17.2 Å². The summed E-state index contributed by atoms with van der Waals surface area (Å²) in [5.41, 5.74) is 2.16. The fourth-order valence-electron chi connectivity index (χ4n) is 2.00. The van der Waals surface area contributed by atoms with Crippen molar-refractivity contribution in [3.05, 3.63) is 85.1 Å². The average Bonchev–Trinajstić information content (AvgIpc) is 2.51. The van der Waals surface area contributed by atoms with Crippen molar-refractivity contribution in [2.24, 2.45) is 0 Å². The van der Waals surface area contributed by atoms with Gasteiger partial charge >= 0.3 is 0 Å². The maximum absolute atomic E-state index is 4.45. The number of rotatable bonds is 3. The molecule has 3 rings (SSSR count). The number of pyridine rings is 1. The molecule has 0 bridgehead atoms. The number of anilines is 3. The van der Waals surface area contributed by atoms with Crippen LogP contribution in [0, 0.1) is 43.4 Å². The molecule has 3 heteroatoms. The van der Waals surface area contributed by atoms with Crippen LogP contribution in [0.25, 0.3) is 0 Å². The molecule has 20 heavy (non-hydrogen) atoms. The van der Waals surface area contributed by atoms with Crippen molar-refractivity contribution in [2.75, 3.05) is 4.90 Å². The summed E-state index contributed by atoms with van der Waals surface area (Å²) in [4.78, 5) is 6.57. The number of nitrogens with zero attached hydrogens (tertiary/aromatic N) is 2. The van der Waals surface area contributed by atoms with Crippen molar-refractivity contribution < 1.29 is 37.3 Å². The van der Waals surface area contributed by atoms with Crippen molar-refractivity contribution in [1.29, 1.82) is 0 Å². The summed E-state index contributed by atoms with van der Waals surface area (Å²) < 4.78 is 0. The predicted molar refractivity (Wildman–Crippen MR) is 77.8 cm³/mol. The van der Waals surface area contributed by atoms with E-state index in [2.05, 4.69) is 28.1 Å².